The van der Waals surface area contributed by atoms with E-state index in [1.54, 1.807) is 31.4 Å². The fourth-order valence-electron chi connectivity index (χ4n) is 3.17. The first kappa shape index (κ1) is 18.5. The van der Waals surface area contributed by atoms with Crippen LogP contribution in [-0.4, -0.2) is 68.0 Å². The second-order valence-electron chi connectivity index (χ2n) is 6.04. The SMILES string of the molecule is COc1ccc(C(=O)N2CCN(C(=O)C3CCNC3)CC2)cc1.Cl. The number of hydrogen-bond donors (Lipinski definition) is 1. The Labute approximate surface area is 148 Å². The molecule has 0 spiro atoms. The Bertz CT molecular complexity index is 565. The van der Waals surface area contributed by atoms with Crippen LogP contribution < -0.4 is 10.1 Å². The molecule has 0 aromatic heterocycles. The standard InChI is InChI=1S/C17H23N3O3.ClH/c1-23-15-4-2-13(3-5-15)16(21)19-8-10-20(11-9-19)17(22)14-6-7-18-12-14;/h2-5,14,18H,6-12H2,1H3;1H. The van der Waals surface area contributed by atoms with Crippen molar-refractivity contribution in [2.45, 2.75) is 6.42 Å². The van der Waals surface area contributed by atoms with Crippen molar-refractivity contribution in [3.63, 3.8) is 0 Å². The molecule has 0 radical (unpaired) electrons. The van der Waals surface area contributed by atoms with Gasteiger partial charge in [0, 0.05) is 38.3 Å². The van der Waals surface area contributed by atoms with E-state index in [4.69, 9.17) is 4.74 Å². The van der Waals surface area contributed by atoms with Crippen molar-refractivity contribution >= 4 is 24.2 Å². The Balaban J connectivity index is 0.00000208. The van der Waals surface area contributed by atoms with Gasteiger partial charge in [-0.15, -0.1) is 12.4 Å². The second-order valence-corrected chi connectivity index (χ2v) is 6.04. The molecule has 6 nitrogen and oxygen atoms in total. The lowest BCUT2D eigenvalue weighted by atomic mass is 10.1. The van der Waals surface area contributed by atoms with Gasteiger partial charge in [-0.3, -0.25) is 9.59 Å². The maximum absolute atomic E-state index is 12.5. The van der Waals surface area contributed by atoms with E-state index in [-0.39, 0.29) is 30.1 Å². The van der Waals surface area contributed by atoms with Crippen LogP contribution in [0.2, 0.25) is 0 Å². The van der Waals surface area contributed by atoms with E-state index in [0.29, 0.717) is 31.7 Å². The highest BCUT2D eigenvalue weighted by atomic mass is 35.5. The van der Waals surface area contributed by atoms with Gasteiger partial charge in [0.25, 0.3) is 5.91 Å². The first-order valence-electron chi connectivity index (χ1n) is 8.12. The van der Waals surface area contributed by atoms with Crippen LogP contribution in [0.4, 0.5) is 0 Å². The molecule has 1 aromatic rings. The Hall–Kier alpha value is -1.79. The lowest BCUT2D eigenvalue weighted by molar-refractivity contribution is -0.136. The van der Waals surface area contributed by atoms with E-state index in [0.717, 1.165) is 25.3 Å². The van der Waals surface area contributed by atoms with Crippen molar-refractivity contribution in [3.05, 3.63) is 29.8 Å². The van der Waals surface area contributed by atoms with Crippen LogP contribution in [0.15, 0.2) is 24.3 Å². The van der Waals surface area contributed by atoms with Gasteiger partial charge in [0.1, 0.15) is 5.75 Å². The number of benzene rings is 1. The molecule has 2 aliphatic heterocycles. The van der Waals surface area contributed by atoms with Crippen LogP contribution in [-0.2, 0) is 4.79 Å². The van der Waals surface area contributed by atoms with Crippen LogP contribution in [0.25, 0.3) is 0 Å². The summed E-state index contributed by atoms with van der Waals surface area (Å²) >= 11 is 0. The van der Waals surface area contributed by atoms with Gasteiger partial charge in [0.2, 0.25) is 5.91 Å². The summed E-state index contributed by atoms with van der Waals surface area (Å²) in [5.74, 6) is 1.09. The highest BCUT2D eigenvalue weighted by Gasteiger charge is 2.30. The summed E-state index contributed by atoms with van der Waals surface area (Å²) in [4.78, 5) is 28.6. The Kier molecular flexibility index (Phi) is 6.45. The molecule has 0 bridgehead atoms. The number of nitrogens with one attached hydrogen (secondary N) is 1. The smallest absolute Gasteiger partial charge is 0.253 e. The summed E-state index contributed by atoms with van der Waals surface area (Å²) in [6.45, 7) is 4.14. The fraction of sp³-hybridized carbons (Fsp3) is 0.529. The first-order chi connectivity index (χ1) is 11.2. The highest BCUT2D eigenvalue weighted by Crippen LogP contribution is 2.16. The van der Waals surface area contributed by atoms with Gasteiger partial charge in [0.05, 0.1) is 13.0 Å². The predicted molar refractivity (Wildman–Crippen MR) is 93.7 cm³/mol. The number of halogens is 1. The molecule has 2 amide bonds. The van der Waals surface area contributed by atoms with Gasteiger partial charge in [-0.25, -0.2) is 0 Å². The van der Waals surface area contributed by atoms with Crippen molar-refractivity contribution < 1.29 is 14.3 Å². The molecule has 1 atom stereocenters. The fourth-order valence-corrected chi connectivity index (χ4v) is 3.17. The molecule has 7 heteroatoms. The van der Waals surface area contributed by atoms with E-state index in [9.17, 15) is 9.59 Å². The molecule has 1 N–H and O–H groups in total. The van der Waals surface area contributed by atoms with E-state index in [2.05, 4.69) is 5.32 Å². The van der Waals surface area contributed by atoms with Gasteiger partial charge in [0.15, 0.2) is 0 Å². The Morgan fingerprint density at radius 2 is 1.71 bits per heavy atom. The molecule has 1 unspecified atom stereocenters. The van der Waals surface area contributed by atoms with E-state index in [1.165, 1.54) is 0 Å². The van der Waals surface area contributed by atoms with Crippen LogP contribution in [0.3, 0.4) is 0 Å². The van der Waals surface area contributed by atoms with Gasteiger partial charge >= 0.3 is 0 Å². The van der Waals surface area contributed by atoms with Crippen molar-refractivity contribution in [2.75, 3.05) is 46.4 Å². The second kappa shape index (κ2) is 8.35. The number of ether oxygens (including phenoxy) is 1. The van der Waals surface area contributed by atoms with Crippen LogP contribution >= 0.6 is 12.4 Å². The van der Waals surface area contributed by atoms with Gasteiger partial charge < -0.3 is 19.9 Å². The molecule has 3 rings (SSSR count). The molecule has 2 saturated heterocycles. The molecule has 2 heterocycles. The third-order valence-electron chi connectivity index (χ3n) is 4.63. The average molecular weight is 354 g/mol. The van der Waals surface area contributed by atoms with Crippen molar-refractivity contribution in [2.24, 2.45) is 5.92 Å². The zero-order chi connectivity index (χ0) is 16.2. The van der Waals surface area contributed by atoms with Crippen LogP contribution in [0.1, 0.15) is 16.8 Å². The number of rotatable bonds is 3. The zero-order valence-electron chi connectivity index (χ0n) is 13.9. The molecule has 0 aliphatic carbocycles. The third kappa shape index (κ3) is 3.99. The number of carbonyl (C=O) groups excluding carboxylic acids is 2. The number of methoxy groups -OCH3 is 1. The quantitative estimate of drug-likeness (QED) is 0.881. The number of nitrogens with zero attached hydrogens (tertiary/aromatic N) is 2. The summed E-state index contributed by atoms with van der Waals surface area (Å²) in [6, 6.07) is 7.14. The molecule has 2 aliphatic rings. The number of amides is 2. The summed E-state index contributed by atoms with van der Waals surface area (Å²) in [5.41, 5.74) is 0.658. The maximum atomic E-state index is 12.5. The summed E-state index contributed by atoms with van der Waals surface area (Å²) in [6.07, 6.45) is 0.920. The third-order valence-corrected chi connectivity index (χ3v) is 4.63. The monoisotopic (exact) mass is 353 g/mol. The van der Waals surface area contributed by atoms with Crippen molar-refractivity contribution in [1.82, 2.24) is 15.1 Å². The number of hydrogen-bond acceptors (Lipinski definition) is 4. The summed E-state index contributed by atoms with van der Waals surface area (Å²) < 4.78 is 5.11. The first-order valence-corrected chi connectivity index (χ1v) is 8.12. The highest BCUT2D eigenvalue weighted by molar-refractivity contribution is 5.94. The molecule has 0 saturated carbocycles. The Morgan fingerprint density at radius 1 is 1.08 bits per heavy atom. The summed E-state index contributed by atoms with van der Waals surface area (Å²) in [7, 11) is 1.60. The Morgan fingerprint density at radius 3 is 2.25 bits per heavy atom. The largest absolute Gasteiger partial charge is 0.497 e. The minimum atomic E-state index is 0. The molecular formula is C17H24ClN3O3. The lowest BCUT2D eigenvalue weighted by Gasteiger charge is -2.36. The molecule has 2 fully saturated rings. The molecule has 1 aromatic carbocycles. The minimum absolute atomic E-state index is 0. The predicted octanol–water partition coefficient (Wildman–Crippen LogP) is 1.01. The van der Waals surface area contributed by atoms with Gasteiger partial charge in [-0.2, -0.15) is 0 Å². The van der Waals surface area contributed by atoms with Crippen LogP contribution in [0, 0.1) is 5.92 Å². The molecule has 132 valence electrons. The number of piperazine rings is 1. The maximum Gasteiger partial charge on any atom is 0.253 e. The van der Waals surface area contributed by atoms with Gasteiger partial charge in [-0.05, 0) is 37.2 Å². The average Bonchev–Trinajstić information content (AvgIpc) is 3.15. The van der Waals surface area contributed by atoms with E-state index < -0.39 is 0 Å². The lowest BCUT2D eigenvalue weighted by Crippen LogP contribution is -2.52. The topological polar surface area (TPSA) is 61.9 Å². The number of carbonyl (C=O) groups is 2. The van der Waals surface area contributed by atoms with Crippen molar-refractivity contribution in [1.29, 1.82) is 0 Å². The minimum Gasteiger partial charge on any atom is -0.497 e. The van der Waals surface area contributed by atoms with Gasteiger partial charge in [-0.1, -0.05) is 0 Å². The molecule has 24 heavy (non-hydrogen) atoms. The molecular weight excluding hydrogens is 330 g/mol. The summed E-state index contributed by atoms with van der Waals surface area (Å²) in [5, 5.41) is 3.23. The van der Waals surface area contributed by atoms with E-state index in [1.807, 2.05) is 9.80 Å². The zero-order valence-corrected chi connectivity index (χ0v) is 14.7. The van der Waals surface area contributed by atoms with E-state index >= 15 is 0 Å². The van der Waals surface area contributed by atoms with Crippen LogP contribution in [0.5, 0.6) is 5.75 Å². The van der Waals surface area contributed by atoms with Crippen molar-refractivity contribution in [3.8, 4) is 5.75 Å². The normalized spacial score (nSPS) is 20.5.